The summed E-state index contributed by atoms with van der Waals surface area (Å²) in [5.41, 5.74) is 1.82. The third kappa shape index (κ3) is 2.04. The van der Waals surface area contributed by atoms with Crippen LogP contribution in [0.5, 0.6) is 0 Å². The Hall–Kier alpha value is -1.75. The fourth-order valence-corrected chi connectivity index (χ4v) is 2.47. The lowest BCUT2D eigenvalue weighted by Gasteiger charge is -2.05. The van der Waals surface area contributed by atoms with Crippen molar-refractivity contribution in [2.24, 2.45) is 13.0 Å². The van der Waals surface area contributed by atoms with E-state index in [0.717, 1.165) is 29.4 Å². The highest BCUT2D eigenvalue weighted by Crippen LogP contribution is 2.36. The number of carbonyl (C=O) groups excluding carboxylic acids is 1. The summed E-state index contributed by atoms with van der Waals surface area (Å²) in [5, 5.41) is 11.7. The highest BCUT2D eigenvalue weighted by Gasteiger charge is 2.30. The van der Waals surface area contributed by atoms with Crippen LogP contribution in [0.25, 0.3) is 10.9 Å². The molecule has 0 aliphatic heterocycles. The minimum Gasteiger partial charge on any atom is -0.386 e. The molecule has 1 heterocycles. The first-order valence-electron chi connectivity index (χ1n) is 6.25. The number of aryl methyl sites for hydroxylation is 1. The van der Waals surface area contributed by atoms with Crippen molar-refractivity contribution in [3.05, 3.63) is 17.2 Å². The van der Waals surface area contributed by atoms with Gasteiger partial charge in [0.05, 0.1) is 21.6 Å². The predicted octanol–water partition coefficient (Wildman–Crippen LogP) is 2.62. The number of anilines is 2. The molecule has 2 N–H and O–H groups in total. The van der Waals surface area contributed by atoms with Crippen molar-refractivity contribution < 1.29 is 4.79 Å². The second kappa shape index (κ2) is 4.42. The van der Waals surface area contributed by atoms with Gasteiger partial charge in [-0.05, 0) is 25.0 Å². The second-order valence-electron chi connectivity index (χ2n) is 4.80. The Morgan fingerprint density at radius 2 is 2.21 bits per heavy atom. The van der Waals surface area contributed by atoms with Gasteiger partial charge in [0.25, 0.3) is 0 Å². The van der Waals surface area contributed by atoms with E-state index in [9.17, 15) is 4.79 Å². The van der Waals surface area contributed by atoms with Gasteiger partial charge in [0.2, 0.25) is 5.91 Å². The van der Waals surface area contributed by atoms with Gasteiger partial charge in [-0.1, -0.05) is 11.6 Å². The van der Waals surface area contributed by atoms with Crippen molar-refractivity contribution in [1.82, 2.24) is 9.78 Å². The van der Waals surface area contributed by atoms with Crippen molar-refractivity contribution >= 4 is 39.9 Å². The number of fused-ring (bicyclic) bond motifs is 1. The molecular weight excluding hydrogens is 264 g/mol. The summed E-state index contributed by atoms with van der Waals surface area (Å²) in [6.07, 6.45) is 1.93. The molecule has 1 aromatic carbocycles. The van der Waals surface area contributed by atoms with Crippen LogP contribution in [0.4, 0.5) is 11.5 Å². The van der Waals surface area contributed by atoms with Crippen molar-refractivity contribution in [2.45, 2.75) is 12.8 Å². The van der Waals surface area contributed by atoms with E-state index >= 15 is 0 Å². The number of amides is 1. The molecule has 0 atom stereocenters. The average Bonchev–Trinajstić information content (AvgIpc) is 3.17. The SMILES string of the molecule is CNc1ccc(Cl)c2c(NC(=O)C3CC3)nn(C)c12. The number of rotatable bonds is 3. The molecule has 0 spiro atoms. The van der Waals surface area contributed by atoms with E-state index in [0.29, 0.717) is 10.8 Å². The standard InChI is InChI=1S/C13H15ClN4O/c1-15-9-6-5-8(14)10-11(9)18(2)17-12(10)16-13(19)7-3-4-7/h5-7,15H,3-4H2,1-2H3,(H,16,17,19). The maximum Gasteiger partial charge on any atom is 0.228 e. The molecule has 1 fully saturated rings. The van der Waals surface area contributed by atoms with Crippen LogP contribution in [0.1, 0.15) is 12.8 Å². The molecule has 1 aliphatic rings. The van der Waals surface area contributed by atoms with Crippen LogP contribution in [-0.2, 0) is 11.8 Å². The first kappa shape index (κ1) is 12.3. The number of carbonyl (C=O) groups is 1. The van der Waals surface area contributed by atoms with Crippen molar-refractivity contribution in [3.63, 3.8) is 0 Å². The number of hydrogen-bond donors (Lipinski definition) is 2. The summed E-state index contributed by atoms with van der Waals surface area (Å²) < 4.78 is 1.73. The summed E-state index contributed by atoms with van der Waals surface area (Å²) in [5.74, 6) is 0.714. The smallest absolute Gasteiger partial charge is 0.228 e. The highest BCUT2D eigenvalue weighted by molar-refractivity contribution is 6.37. The van der Waals surface area contributed by atoms with E-state index in [1.54, 1.807) is 4.68 Å². The fourth-order valence-electron chi connectivity index (χ4n) is 2.23. The van der Waals surface area contributed by atoms with Gasteiger partial charge >= 0.3 is 0 Å². The first-order chi connectivity index (χ1) is 9.11. The molecule has 100 valence electrons. The van der Waals surface area contributed by atoms with E-state index in [2.05, 4.69) is 15.7 Å². The Kier molecular flexibility index (Phi) is 2.86. The number of halogens is 1. The quantitative estimate of drug-likeness (QED) is 0.907. The molecule has 1 saturated carbocycles. The normalized spacial score (nSPS) is 14.7. The van der Waals surface area contributed by atoms with E-state index in [4.69, 9.17) is 11.6 Å². The topological polar surface area (TPSA) is 58.9 Å². The Morgan fingerprint density at radius 1 is 1.47 bits per heavy atom. The first-order valence-corrected chi connectivity index (χ1v) is 6.63. The highest BCUT2D eigenvalue weighted by atomic mass is 35.5. The van der Waals surface area contributed by atoms with E-state index < -0.39 is 0 Å². The number of nitrogens with zero attached hydrogens (tertiary/aromatic N) is 2. The summed E-state index contributed by atoms with van der Waals surface area (Å²) in [4.78, 5) is 11.9. The summed E-state index contributed by atoms with van der Waals surface area (Å²) in [6, 6.07) is 3.71. The van der Waals surface area contributed by atoms with Gasteiger partial charge in [0.1, 0.15) is 0 Å². The third-order valence-electron chi connectivity index (χ3n) is 3.40. The summed E-state index contributed by atoms with van der Waals surface area (Å²) in [7, 11) is 3.68. The zero-order valence-corrected chi connectivity index (χ0v) is 11.6. The number of aromatic nitrogens is 2. The number of nitrogens with one attached hydrogen (secondary N) is 2. The van der Waals surface area contributed by atoms with Crippen LogP contribution in [0.3, 0.4) is 0 Å². The van der Waals surface area contributed by atoms with E-state index in [-0.39, 0.29) is 11.8 Å². The Labute approximate surface area is 115 Å². The molecule has 0 saturated heterocycles. The van der Waals surface area contributed by atoms with Crippen molar-refractivity contribution in [1.29, 1.82) is 0 Å². The molecule has 6 heteroatoms. The Balaban J connectivity index is 2.11. The molecule has 1 amide bonds. The minimum atomic E-state index is 0.0333. The minimum absolute atomic E-state index is 0.0333. The van der Waals surface area contributed by atoms with E-state index in [1.807, 2.05) is 26.2 Å². The second-order valence-corrected chi connectivity index (χ2v) is 5.21. The van der Waals surface area contributed by atoms with Crippen molar-refractivity contribution in [3.8, 4) is 0 Å². The molecule has 0 unspecified atom stereocenters. The molecule has 0 bridgehead atoms. The maximum absolute atomic E-state index is 11.9. The zero-order chi connectivity index (χ0) is 13.6. The van der Waals surface area contributed by atoms with Gasteiger partial charge < -0.3 is 10.6 Å². The molecule has 2 aromatic rings. The zero-order valence-electron chi connectivity index (χ0n) is 10.8. The van der Waals surface area contributed by atoms with Gasteiger partial charge in [-0.2, -0.15) is 5.10 Å². The molecule has 19 heavy (non-hydrogen) atoms. The predicted molar refractivity (Wildman–Crippen MR) is 76.6 cm³/mol. The van der Waals surface area contributed by atoms with Gasteiger partial charge in [0.15, 0.2) is 5.82 Å². The largest absolute Gasteiger partial charge is 0.386 e. The Morgan fingerprint density at radius 3 is 2.84 bits per heavy atom. The molecule has 1 aromatic heterocycles. The maximum atomic E-state index is 11.9. The molecule has 5 nitrogen and oxygen atoms in total. The molecular formula is C13H15ClN4O. The lowest BCUT2D eigenvalue weighted by Crippen LogP contribution is -2.14. The van der Waals surface area contributed by atoms with Gasteiger partial charge in [0, 0.05) is 20.0 Å². The number of hydrogen-bond acceptors (Lipinski definition) is 3. The summed E-state index contributed by atoms with van der Waals surface area (Å²) in [6.45, 7) is 0. The average molecular weight is 279 g/mol. The lowest BCUT2D eigenvalue weighted by molar-refractivity contribution is -0.117. The molecule has 3 rings (SSSR count). The monoisotopic (exact) mass is 278 g/mol. The van der Waals surface area contributed by atoms with Crippen LogP contribution in [-0.4, -0.2) is 22.7 Å². The van der Waals surface area contributed by atoms with Crippen LogP contribution in [0, 0.1) is 5.92 Å². The van der Waals surface area contributed by atoms with Gasteiger partial charge in [-0.25, -0.2) is 0 Å². The van der Waals surface area contributed by atoms with Crippen LogP contribution in [0.15, 0.2) is 12.1 Å². The van der Waals surface area contributed by atoms with Crippen LogP contribution in [0.2, 0.25) is 5.02 Å². The van der Waals surface area contributed by atoms with Crippen LogP contribution >= 0.6 is 11.6 Å². The van der Waals surface area contributed by atoms with Gasteiger partial charge in [-0.15, -0.1) is 0 Å². The van der Waals surface area contributed by atoms with Gasteiger partial charge in [-0.3, -0.25) is 9.48 Å². The Bertz CT molecular complexity index is 660. The molecule has 1 aliphatic carbocycles. The summed E-state index contributed by atoms with van der Waals surface area (Å²) >= 11 is 6.25. The number of benzene rings is 1. The van der Waals surface area contributed by atoms with Crippen molar-refractivity contribution in [2.75, 3.05) is 17.7 Å². The van der Waals surface area contributed by atoms with Crippen LogP contribution < -0.4 is 10.6 Å². The third-order valence-corrected chi connectivity index (χ3v) is 3.71. The lowest BCUT2D eigenvalue weighted by atomic mass is 10.2. The van der Waals surface area contributed by atoms with E-state index in [1.165, 1.54) is 0 Å². The molecule has 0 radical (unpaired) electrons. The fraction of sp³-hybridized carbons (Fsp3) is 0.385.